The molecule has 0 unspecified atom stereocenters. The number of aromatic nitrogens is 1. The topological polar surface area (TPSA) is 28.3 Å². The van der Waals surface area contributed by atoms with Crippen molar-refractivity contribution in [3.63, 3.8) is 0 Å². The van der Waals surface area contributed by atoms with Gasteiger partial charge in [0.1, 0.15) is 0 Å². The molecule has 1 N–H and O–H groups in total. The van der Waals surface area contributed by atoms with Gasteiger partial charge in [0, 0.05) is 23.5 Å². The minimum absolute atomic E-state index is 0.231. The maximum absolute atomic E-state index is 6.14. The monoisotopic (exact) mass is 334 g/mol. The summed E-state index contributed by atoms with van der Waals surface area (Å²) in [5.74, 6) is 0. The molecule has 0 saturated carbocycles. The van der Waals surface area contributed by atoms with Crippen molar-refractivity contribution in [2.75, 3.05) is 19.7 Å². The van der Waals surface area contributed by atoms with E-state index in [4.69, 9.17) is 4.74 Å². The predicted molar refractivity (Wildman–Crippen MR) is 84.0 cm³/mol. The third kappa shape index (κ3) is 1.78. The molecule has 106 valence electrons. The lowest BCUT2D eigenvalue weighted by atomic mass is 9.85. The van der Waals surface area contributed by atoms with Gasteiger partial charge in [0.05, 0.1) is 17.3 Å². The second kappa shape index (κ2) is 4.86. The molecule has 2 atom stereocenters. The van der Waals surface area contributed by atoms with Crippen LogP contribution in [0.25, 0.3) is 10.9 Å². The Balaban J connectivity index is 1.85. The van der Waals surface area contributed by atoms with Crippen LogP contribution in [0.4, 0.5) is 0 Å². The first-order valence-corrected chi connectivity index (χ1v) is 8.23. The lowest BCUT2D eigenvalue weighted by Gasteiger charge is -2.43. The van der Waals surface area contributed by atoms with Gasteiger partial charge >= 0.3 is 0 Å². The molecule has 1 aliphatic carbocycles. The zero-order chi connectivity index (χ0) is 13.7. The fourth-order valence-corrected chi connectivity index (χ4v) is 4.39. The number of rotatable bonds is 2. The van der Waals surface area contributed by atoms with Crippen molar-refractivity contribution >= 4 is 26.8 Å². The molecular weight excluding hydrogens is 316 g/mol. The van der Waals surface area contributed by atoms with Gasteiger partial charge in [0.25, 0.3) is 0 Å². The molecule has 1 aromatic heterocycles. The molecule has 2 aliphatic rings. The highest BCUT2D eigenvalue weighted by molar-refractivity contribution is 9.10. The summed E-state index contributed by atoms with van der Waals surface area (Å²) >= 11 is 3.70. The van der Waals surface area contributed by atoms with Crippen LogP contribution in [0, 0.1) is 0 Å². The molecule has 0 bridgehead atoms. The molecule has 2 aromatic rings. The van der Waals surface area contributed by atoms with Crippen molar-refractivity contribution in [1.29, 1.82) is 0 Å². The number of hydrogen-bond donors (Lipinski definition) is 1. The molecule has 1 aromatic carbocycles. The maximum Gasteiger partial charge on any atom is 0.0990 e. The third-order valence-corrected chi connectivity index (χ3v) is 5.31. The highest BCUT2D eigenvalue weighted by atomic mass is 79.9. The second-order valence-corrected chi connectivity index (χ2v) is 6.58. The van der Waals surface area contributed by atoms with Crippen LogP contribution < -0.4 is 0 Å². The molecular formula is C16H19BrN2O. The minimum Gasteiger partial charge on any atom is -0.371 e. The SMILES string of the molecule is CCCN1CCO[C@@H]2c3cccc4[nH]c(Br)c(c34)C[C@H]21. The quantitative estimate of drug-likeness (QED) is 0.908. The first-order valence-electron chi connectivity index (χ1n) is 7.44. The van der Waals surface area contributed by atoms with Gasteiger partial charge in [-0.2, -0.15) is 0 Å². The van der Waals surface area contributed by atoms with Crippen molar-refractivity contribution in [1.82, 2.24) is 9.88 Å². The molecule has 1 fully saturated rings. The number of aromatic amines is 1. The molecule has 0 amide bonds. The summed E-state index contributed by atoms with van der Waals surface area (Å²) in [6, 6.07) is 7.00. The summed E-state index contributed by atoms with van der Waals surface area (Å²) in [4.78, 5) is 6.06. The molecule has 4 heteroatoms. The number of hydrogen-bond acceptors (Lipinski definition) is 2. The first-order chi connectivity index (χ1) is 9.79. The third-order valence-electron chi connectivity index (χ3n) is 4.63. The van der Waals surface area contributed by atoms with E-state index in [2.05, 4.69) is 50.9 Å². The number of halogens is 1. The van der Waals surface area contributed by atoms with Gasteiger partial charge in [-0.3, -0.25) is 4.90 Å². The molecule has 20 heavy (non-hydrogen) atoms. The van der Waals surface area contributed by atoms with Crippen LogP contribution in [0.5, 0.6) is 0 Å². The number of H-pyrrole nitrogens is 1. The zero-order valence-corrected chi connectivity index (χ0v) is 13.2. The maximum atomic E-state index is 6.14. The summed E-state index contributed by atoms with van der Waals surface area (Å²) in [7, 11) is 0. The highest BCUT2D eigenvalue weighted by Crippen LogP contribution is 2.43. The van der Waals surface area contributed by atoms with Crippen molar-refractivity contribution in [2.24, 2.45) is 0 Å². The predicted octanol–water partition coefficient (Wildman–Crippen LogP) is 3.64. The number of nitrogens with one attached hydrogen (secondary N) is 1. The molecule has 0 radical (unpaired) electrons. The number of fused-ring (bicyclic) bond motifs is 2. The van der Waals surface area contributed by atoms with Gasteiger partial charge in [-0.1, -0.05) is 19.1 Å². The summed E-state index contributed by atoms with van der Waals surface area (Å²) in [5, 5.41) is 1.37. The Kier molecular flexibility index (Phi) is 3.13. The van der Waals surface area contributed by atoms with Crippen LogP contribution in [0.2, 0.25) is 0 Å². The average molecular weight is 335 g/mol. The van der Waals surface area contributed by atoms with Crippen LogP contribution in [-0.4, -0.2) is 35.6 Å². The zero-order valence-electron chi connectivity index (χ0n) is 11.7. The van der Waals surface area contributed by atoms with Crippen LogP contribution in [0.3, 0.4) is 0 Å². The largest absolute Gasteiger partial charge is 0.371 e. The standard InChI is InChI=1S/C16H19BrN2O/c1-2-6-19-7-8-20-15-10-4-3-5-12-14(10)11(9-13(15)19)16(17)18-12/h3-5,13,15,18H,2,6-9H2,1H3/t13-,15-/m1/s1. The summed E-state index contributed by atoms with van der Waals surface area (Å²) in [6.45, 7) is 5.32. The van der Waals surface area contributed by atoms with E-state index in [1.807, 2.05) is 0 Å². The van der Waals surface area contributed by atoms with E-state index >= 15 is 0 Å². The lowest BCUT2D eigenvalue weighted by Crippen LogP contribution is -2.49. The number of benzene rings is 1. The fraction of sp³-hybridized carbons (Fsp3) is 0.500. The van der Waals surface area contributed by atoms with Gasteiger partial charge in [-0.15, -0.1) is 0 Å². The van der Waals surface area contributed by atoms with E-state index < -0.39 is 0 Å². The van der Waals surface area contributed by atoms with Crippen molar-refractivity contribution in [3.8, 4) is 0 Å². The molecule has 0 spiro atoms. The van der Waals surface area contributed by atoms with Gasteiger partial charge in [0.15, 0.2) is 0 Å². The number of morpholine rings is 1. The highest BCUT2D eigenvalue weighted by Gasteiger charge is 2.38. The van der Waals surface area contributed by atoms with Crippen molar-refractivity contribution in [2.45, 2.75) is 31.9 Å². The van der Waals surface area contributed by atoms with Gasteiger partial charge in [-0.25, -0.2) is 0 Å². The molecule has 1 aliphatic heterocycles. The Labute approximate surface area is 127 Å². The Morgan fingerprint density at radius 3 is 3.20 bits per heavy atom. The molecule has 1 saturated heterocycles. The minimum atomic E-state index is 0.231. The Hall–Kier alpha value is -0.840. The first kappa shape index (κ1) is 12.9. The molecule has 2 heterocycles. The summed E-state index contributed by atoms with van der Waals surface area (Å²) in [6.07, 6.45) is 2.51. The van der Waals surface area contributed by atoms with E-state index in [9.17, 15) is 0 Å². The average Bonchev–Trinajstić information content (AvgIpc) is 2.78. The van der Waals surface area contributed by atoms with Gasteiger partial charge < -0.3 is 9.72 Å². The van der Waals surface area contributed by atoms with Crippen molar-refractivity contribution in [3.05, 3.63) is 33.9 Å². The van der Waals surface area contributed by atoms with E-state index in [1.165, 1.54) is 28.5 Å². The van der Waals surface area contributed by atoms with Crippen molar-refractivity contribution < 1.29 is 4.74 Å². The summed E-state index contributed by atoms with van der Waals surface area (Å²) < 4.78 is 7.28. The summed E-state index contributed by atoms with van der Waals surface area (Å²) in [5.41, 5.74) is 4.00. The Morgan fingerprint density at radius 2 is 2.35 bits per heavy atom. The fourth-order valence-electron chi connectivity index (χ4n) is 3.82. The smallest absolute Gasteiger partial charge is 0.0990 e. The van der Waals surface area contributed by atoms with Crippen LogP contribution >= 0.6 is 15.9 Å². The van der Waals surface area contributed by atoms with E-state index in [0.717, 1.165) is 30.7 Å². The van der Waals surface area contributed by atoms with E-state index in [1.54, 1.807) is 0 Å². The number of nitrogens with zero attached hydrogens (tertiary/aromatic N) is 1. The Morgan fingerprint density at radius 1 is 1.45 bits per heavy atom. The molecule has 3 nitrogen and oxygen atoms in total. The van der Waals surface area contributed by atoms with Crippen LogP contribution in [-0.2, 0) is 11.2 Å². The van der Waals surface area contributed by atoms with Crippen LogP contribution in [0.1, 0.15) is 30.6 Å². The molecule has 4 rings (SSSR count). The second-order valence-electron chi connectivity index (χ2n) is 5.79. The number of ether oxygens (including phenoxy) is 1. The van der Waals surface area contributed by atoms with E-state index in [0.29, 0.717) is 6.04 Å². The Bertz CT molecular complexity index is 649. The van der Waals surface area contributed by atoms with Crippen LogP contribution in [0.15, 0.2) is 22.8 Å². The van der Waals surface area contributed by atoms with Gasteiger partial charge in [0.2, 0.25) is 0 Å². The van der Waals surface area contributed by atoms with Gasteiger partial charge in [-0.05, 0) is 52.5 Å². The normalized spacial score (nSPS) is 25.9. The lowest BCUT2D eigenvalue weighted by molar-refractivity contribution is -0.0740. The van der Waals surface area contributed by atoms with E-state index in [-0.39, 0.29) is 6.10 Å².